The molecule has 1 heterocycles. The van der Waals surface area contributed by atoms with Crippen LogP contribution in [0.4, 0.5) is 0 Å². The predicted octanol–water partition coefficient (Wildman–Crippen LogP) is 3.87. The Bertz CT molecular complexity index is 749. The lowest BCUT2D eigenvalue weighted by Gasteiger charge is -2.33. The van der Waals surface area contributed by atoms with E-state index >= 15 is 0 Å². The maximum Gasteiger partial charge on any atom is 0.246 e. The largest absolute Gasteiger partial charge is 0.497 e. The molecule has 5 heteroatoms. The Labute approximate surface area is 159 Å². The van der Waals surface area contributed by atoms with Gasteiger partial charge in [0.05, 0.1) is 7.11 Å². The molecule has 2 aromatic rings. The van der Waals surface area contributed by atoms with Gasteiger partial charge in [-0.3, -0.25) is 4.79 Å². The molecule has 136 valence electrons. The molecule has 0 radical (unpaired) electrons. The summed E-state index contributed by atoms with van der Waals surface area (Å²) in [6.45, 7) is 5.36. The molecule has 3 rings (SSSR count). The molecule has 1 aliphatic rings. The lowest BCUT2D eigenvalue weighted by Crippen LogP contribution is -2.45. The fraction of sp³-hybridized carbons (Fsp3) is 0.286. The molecule has 0 aromatic heterocycles. The van der Waals surface area contributed by atoms with Gasteiger partial charge in [-0.15, -0.1) is 0 Å². The summed E-state index contributed by atoms with van der Waals surface area (Å²) in [5, 5.41) is 0. The average molecular weight is 369 g/mol. The standard InChI is InChI=1S/C21H24N2O2S/c1-17-3-10-20(11-4-17)26-23-15-13-22(14-16-23)21(24)12-7-18-5-8-19(25-2)9-6-18/h3-12H,13-16H2,1-2H3/b12-7+. The van der Waals surface area contributed by atoms with Crippen LogP contribution >= 0.6 is 11.9 Å². The van der Waals surface area contributed by atoms with Gasteiger partial charge in [0, 0.05) is 37.2 Å². The maximum absolute atomic E-state index is 12.4. The van der Waals surface area contributed by atoms with Gasteiger partial charge in [0.25, 0.3) is 0 Å². The van der Waals surface area contributed by atoms with E-state index in [1.54, 1.807) is 25.1 Å². The van der Waals surface area contributed by atoms with Crippen molar-refractivity contribution in [3.63, 3.8) is 0 Å². The number of benzene rings is 2. The molecule has 0 bridgehead atoms. The second-order valence-electron chi connectivity index (χ2n) is 6.27. The number of piperazine rings is 1. The minimum atomic E-state index is 0.0702. The number of carbonyl (C=O) groups is 1. The highest BCUT2D eigenvalue weighted by atomic mass is 32.2. The molecule has 1 fully saturated rings. The van der Waals surface area contributed by atoms with Gasteiger partial charge in [-0.25, -0.2) is 4.31 Å². The molecule has 26 heavy (non-hydrogen) atoms. The second-order valence-corrected chi connectivity index (χ2v) is 7.44. The van der Waals surface area contributed by atoms with Crippen molar-refractivity contribution in [3.8, 4) is 5.75 Å². The zero-order valence-corrected chi connectivity index (χ0v) is 16.0. The van der Waals surface area contributed by atoms with E-state index < -0.39 is 0 Å². The van der Waals surface area contributed by atoms with Crippen molar-refractivity contribution >= 4 is 23.9 Å². The van der Waals surface area contributed by atoms with Crippen LogP contribution in [0.3, 0.4) is 0 Å². The van der Waals surface area contributed by atoms with Crippen molar-refractivity contribution in [3.05, 3.63) is 65.7 Å². The molecule has 4 nitrogen and oxygen atoms in total. The first-order chi connectivity index (χ1) is 12.6. The van der Waals surface area contributed by atoms with Crippen LogP contribution < -0.4 is 4.74 Å². The summed E-state index contributed by atoms with van der Waals surface area (Å²) in [4.78, 5) is 15.5. The van der Waals surface area contributed by atoms with E-state index in [-0.39, 0.29) is 5.91 Å². The number of nitrogens with zero attached hydrogens (tertiary/aromatic N) is 2. The van der Waals surface area contributed by atoms with Crippen LogP contribution in [0.2, 0.25) is 0 Å². The first-order valence-electron chi connectivity index (χ1n) is 8.75. The third kappa shape index (κ3) is 5.13. The summed E-state index contributed by atoms with van der Waals surface area (Å²) in [5.74, 6) is 0.886. The summed E-state index contributed by atoms with van der Waals surface area (Å²) in [7, 11) is 1.64. The highest BCUT2D eigenvalue weighted by molar-refractivity contribution is 7.97. The van der Waals surface area contributed by atoms with Gasteiger partial charge in [0.1, 0.15) is 5.75 Å². The van der Waals surface area contributed by atoms with Crippen LogP contribution in [0.5, 0.6) is 5.75 Å². The molecule has 1 amide bonds. The number of hydrogen-bond acceptors (Lipinski definition) is 4. The molecule has 2 aromatic carbocycles. The lowest BCUT2D eigenvalue weighted by atomic mass is 10.2. The van der Waals surface area contributed by atoms with Crippen molar-refractivity contribution in [2.24, 2.45) is 0 Å². The normalized spacial score (nSPS) is 15.4. The molecule has 0 atom stereocenters. The number of amides is 1. The number of hydrogen-bond donors (Lipinski definition) is 0. The molecule has 1 saturated heterocycles. The number of aryl methyl sites for hydroxylation is 1. The molecule has 1 aliphatic heterocycles. The third-order valence-electron chi connectivity index (χ3n) is 4.34. The Balaban J connectivity index is 1.48. The predicted molar refractivity (Wildman–Crippen MR) is 107 cm³/mol. The van der Waals surface area contributed by atoms with E-state index in [1.807, 2.05) is 35.2 Å². The van der Waals surface area contributed by atoms with E-state index in [1.165, 1.54) is 10.5 Å². The summed E-state index contributed by atoms with van der Waals surface area (Å²) < 4.78 is 7.46. The van der Waals surface area contributed by atoms with Crippen molar-refractivity contribution < 1.29 is 9.53 Å². The molecule has 0 N–H and O–H groups in total. The molecule has 0 aliphatic carbocycles. The van der Waals surface area contributed by atoms with Crippen molar-refractivity contribution in [2.45, 2.75) is 11.8 Å². The van der Waals surface area contributed by atoms with Gasteiger partial charge >= 0.3 is 0 Å². The molecular formula is C21H24N2O2S. The molecule has 0 spiro atoms. The van der Waals surface area contributed by atoms with Crippen LogP contribution in [-0.2, 0) is 4.79 Å². The topological polar surface area (TPSA) is 32.8 Å². The van der Waals surface area contributed by atoms with Gasteiger partial charge in [-0.1, -0.05) is 29.8 Å². The molecule has 0 unspecified atom stereocenters. The SMILES string of the molecule is COc1ccc(/C=C/C(=O)N2CCN(Sc3ccc(C)cc3)CC2)cc1. The fourth-order valence-electron chi connectivity index (χ4n) is 2.74. The summed E-state index contributed by atoms with van der Waals surface area (Å²) in [5.41, 5.74) is 2.26. The van der Waals surface area contributed by atoms with Gasteiger partial charge in [-0.2, -0.15) is 0 Å². The summed E-state index contributed by atoms with van der Waals surface area (Å²) >= 11 is 1.77. The van der Waals surface area contributed by atoms with Crippen LogP contribution in [0.25, 0.3) is 6.08 Å². The Kier molecular flexibility index (Phi) is 6.36. The fourth-order valence-corrected chi connectivity index (χ4v) is 3.64. The molecular weight excluding hydrogens is 344 g/mol. The Morgan fingerprint density at radius 2 is 1.65 bits per heavy atom. The first-order valence-corrected chi connectivity index (χ1v) is 9.52. The first kappa shape index (κ1) is 18.5. The van der Waals surface area contributed by atoms with Gasteiger partial charge in [0.15, 0.2) is 0 Å². The van der Waals surface area contributed by atoms with Crippen LogP contribution in [0.1, 0.15) is 11.1 Å². The lowest BCUT2D eigenvalue weighted by molar-refractivity contribution is -0.127. The summed E-state index contributed by atoms with van der Waals surface area (Å²) in [6, 6.07) is 16.2. The number of ether oxygens (including phenoxy) is 1. The third-order valence-corrected chi connectivity index (χ3v) is 5.45. The van der Waals surface area contributed by atoms with E-state index in [9.17, 15) is 4.79 Å². The molecule has 0 saturated carbocycles. The monoisotopic (exact) mass is 368 g/mol. The van der Waals surface area contributed by atoms with Crippen LogP contribution in [0.15, 0.2) is 59.5 Å². The average Bonchev–Trinajstić information content (AvgIpc) is 2.69. The minimum Gasteiger partial charge on any atom is -0.497 e. The van der Waals surface area contributed by atoms with E-state index in [4.69, 9.17) is 4.74 Å². The Morgan fingerprint density at radius 1 is 1.00 bits per heavy atom. The van der Waals surface area contributed by atoms with Gasteiger partial charge < -0.3 is 9.64 Å². The number of rotatable bonds is 5. The highest BCUT2D eigenvalue weighted by Crippen LogP contribution is 2.24. The minimum absolute atomic E-state index is 0.0702. The van der Waals surface area contributed by atoms with E-state index in [0.29, 0.717) is 0 Å². The van der Waals surface area contributed by atoms with Gasteiger partial charge in [-0.05, 0) is 54.8 Å². The smallest absolute Gasteiger partial charge is 0.246 e. The Morgan fingerprint density at radius 3 is 2.27 bits per heavy atom. The quantitative estimate of drug-likeness (QED) is 0.592. The highest BCUT2D eigenvalue weighted by Gasteiger charge is 2.20. The van der Waals surface area contributed by atoms with Gasteiger partial charge in [0.2, 0.25) is 5.91 Å². The maximum atomic E-state index is 12.4. The van der Waals surface area contributed by atoms with E-state index in [0.717, 1.165) is 37.5 Å². The summed E-state index contributed by atoms with van der Waals surface area (Å²) in [6.07, 6.45) is 3.51. The number of methoxy groups -OCH3 is 1. The van der Waals surface area contributed by atoms with Crippen LogP contribution in [0, 0.1) is 6.92 Å². The zero-order chi connectivity index (χ0) is 18.4. The zero-order valence-electron chi connectivity index (χ0n) is 15.2. The second kappa shape index (κ2) is 8.92. The Hall–Kier alpha value is -2.24. The van der Waals surface area contributed by atoms with Crippen molar-refractivity contribution in [1.29, 1.82) is 0 Å². The van der Waals surface area contributed by atoms with Crippen LogP contribution in [-0.4, -0.2) is 48.4 Å². The van der Waals surface area contributed by atoms with Crippen molar-refractivity contribution in [2.75, 3.05) is 33.3 Å². The van der Waals surface area contributed by atoms with Crippen molar-refractivity contribution in [1.82, 2.24) is 9.21 Å². The van der Waals surface area contributed by atoms with E-state index in [2.05, 4.69) is 35.5 Å². The number of carbonyl (C=O) groups excluding carboxylic acids is 1.